The Morgan fingerprint density at radius 2 is 2.00 bits per heavy atom. The Labute approximate surface area is 95.5 Å². The summed E-state index contributed by atoms with van der Waals surface area (Å²) in [5, 5.41) is 22.8. The quantitative estimate of drug-likeness (QED) is 0.319. The number of hydrogen-bond donors (Lipinski definition) is 3. The lowest BCUT2D eigenvalue weighted by Gasteiger charge is -1.96. The second-order valence-electron chi connectivity index (χ2n) is 3.07. The predicted molar refractivity (Wildman–Crippen MR) is 61.7 cm³/mol. The number of phenolic OH excluding ortho intramolecular Hbond substituents is 1. The molecule has 1 heterocycles. The van der Waals surface area contributed by atoms with E-state index in [-0.39, 0.29) is 11.6 Å². The number of rotatable bonds is 2. The summed E-state index contributed by atoms with van der Waals surface area (Å²) in [5.74, 6) is 0.200. The molecule has 0 fully saturated rings. The van der Waals surface area contributed by atoms with E-state index < -0.39 is 0 Å². The van der Waals surface area contributed by atoms with Gasteiger partial charge in [-0.15, -0.1) is 11.3 Å². The summed E-state index contributed by atoms with van der Waals surface area (Å²) in [5.41, 5.74) is 7.01. The van der Waals surface area contributed by atoms with Crippen molar-refractivity contribution in [3.05, 3.63) is 34.7 Å². The zero-order valence-electron chi connectivity index (χ0n) is 8.16. The first-order valence-corrected chi connectivity index (χ1v) is 5.31. The number of oxime groups is 1. The van der Waals surface area contributed by atoms with Crippen molar-refractivity contribution in [2.24, 2.45) is 10.9 Å². The van der Waals surface area contributed by atoms with Crippen molar-refractivity contribution in [1.82, 2.24) is 4.98 Å². The first kappa shape index (κ1) is 10.4. The molecule has 0 aliphatic heterocycles. The van der Waals surface area contributed by atoms with Crippen LogP contribution in [0.2, 0.25) is 0 Å². The number of nitrogens with two attached hydrogens (primary N) is 1. The van der Waals surface area contributed by atoms with Gasteiger partial charge in [0.15, 0.2) is 10.8 Å². The highest BCUT2D eigenvalue weighted by molar-refractivity contribution is 7.12. The molecule has 0 spiro atoms. The van der Waals surface area contributed by atoms with Crippen LogP contribution in [0.3, 0.4) is 0 Å². The van der Waals surface area contributed by atoms with Gasteiger partial charge in [0, 0.05) is 10.9 Å². The van der Waals surface area contributed by atoms with E-state index in [2.05, 4.69) is 10.1 Å². The van der Waals surface area contributed by atoms with Crippen LogP contribution in [-0.2, 0) is 0 Å². The SMILES string of the molecule is NC(=NO)c1nc(-c2ccc(O)cc2)cs1. The monoisotopic (exact) mass is 235 g/mol. The summed E-state index contributed by atoms with van der Waals surface area (Å²) in [7, 11) is 0. The van der Waals surface area contributed by atoms with Crippen LogP contribution in [0.1, 0.15) is 5.01 Å². The summed E-state index contributed by atoms with van der Waals surface area (Å²) in [6.45, 7) is 0. The fourth-order valence-corrected chi connectivity index (χ4v) is 1.92. The van der Waals surface area contributed by atoms with Crippen LogP contribution in [0.4, 0.5) is 0 Å². The van der Waals surface area contributed by atoms with Gasteiger partial charge in [-0.05, 0) is 24.3 Å². The van der Waals surface area contributed by atoms with Gasteiger partial charge < -0.3 is 16.0 Å². The lowest BCUT2D eigenvalue weighted by atomic mass is 10.2. The highest BCUT2D eigenvalue weighted by Gasteiger charge is 2.07. The maximum Gasteiger partial charge on any atom is 0.199 e. The second kappa shape index (κ2) is 4.19. The van der Waals surface area contributed by atoms with E-state index >= 15 is 0 Å². The minimum atomic E-state index is -0.00460. The number of phenols is 1. The van der Waals surface area contributed by atoms with E-state index in [4.69, 9.17) is 16.0 Å². The Balaban J connectivity index is 2.35. The van der Waals surface area contributed by atoms with Crippen molar-refractivity contribution in [1.29, 1.82) is 0 Å². The highest BCUT2D eigenvalue weighted by atomic mass is 32.1. The van der Waals surface area contributed by atoms with E-state index in [9.17, 15) is 0 Å². The minimum Gasteiger partial charge on any atom is -0.508 e. The number of thiazole rings is 1. The molecule has 0 atom stereocenters. The van der Waals surface area contributed by atoms with Gasteiger partial charge >= 0.3 is 0 Å². The Morgan fingerprint density at radius 3 is 2.62 bits per heavy atom. The van der Waals surface area contributed by atoms with Crippen LogP contribution in [-0.4, -0.2) is 21.1 Å². The van der Waals surface area contributed by atoms with Gasteiger partial charge in [0.1, 0.15) is 5.75 Å². The molecule has 0 aliphatic rings. The molecule has 2 rings (SSSR count). The molecule has 1 aromatic heterocycles. The van der Waals surface area contributed by atoms with Crippen LogP contribution in [0.25, 0.3) is 11.3 Å². The smallest absolute Gasteiger partial charge is 0.199 e. The molecule has 6 heteroatoms. The van der Waals surface area contributed by atoms with Crippen LogP contribution in [0.15, 0.2) is 34.8 Å². The molecule has 16 heavy (non-hydrogen) atoms. The van der Waals surface area contributed by atoms with Gasteiger partial charge in [0.2, 0.25) is 0 Å². The Morgan fingerprint density at radius 1 is 1.31 bits per heavy atom. The first-order chi connectivity index (χ1) is 7.70. The molecule has 0 aliphatic carbocycles. The number of nitrogens with zero attached hydrogens (tertiary/aromatic N) is 2. The molecule has 5 nitrogen and oxygen atoms in total. The van der Waals surface area contributed by atoms with Gasteiger partial charge in [-0.3, -0.25) is 0 Å². The largest absolute Gasteiger partial charge is 0.508 e. The van der Waals surface area contributed by atoms with Crippen molar-refractivity contribution in [2.75, 3.05) is 0 Å². The Bertz CT molecular complexity index is 519. The number of amidine groups is 1. The van der Waals surface area contributed by atoms with E-state index in [1.54, 1.807) is 29.6 Å². The average Bonchev–Trinajstić information content (AvgIpc) is 2.78. The van der Waals surface area contributed by atoms with E-state index in [1.165, 1.54) is 11.3 Å². The minimum absolute atomic E-state index is 0.00460. The van der Waals surface area contributed by atoms with E-state index in [1.807, 2.05) is 0 Å². The first-order valence-electron chi connectivity index (χ1n) is 4.43. The molecular weight excluding hydrogens is 226 g/mol. The Hall–Kier alpha value is -2.08. The van der Waals surface area contributed by atoms with E-state index in [0.717, 1.165) is 11.3 Å². The number of aromatic nitrogens is 1. The molecule has 1 aromatic carbocycles. The van der Waals surface area contributed by atoms with Crippen molar-refractivity contribution >= 4 is 17.2 Å². The van der Waals surface area contributed by atoms with Crippen molar-refractivity contribution in [3.8, 4) is 17.0 Å². The molecule has 2 aromatic rings. The predicted octanol–water partition coefficient (Wildman–Crippen LogP) is 1.61. The van der Waals surface area contributed by atoms with Gasteiger partial charge in [0.05, 0.1) is 5.69 Å². The van der Waals surface area contributed by atoms with Crippen LogP contribution in [0.5, 0.6) is 5.75 Å². The third-order valence-electron chi connectivity index (χ3n) is 1.99. The zero-order valence-corrected chi connectivity index (χ0v) is 8.98. The third-order valence-corrected chi connectivity index (χ3v) is 2.86. The van der Waals surface area contributed by atoms with Crippen molar-refractivity contribution in [2.45, 2.75) is 0 Å². The van der Waals surface area contributed by atoms with Gasteiger partial charge in [-0.2, -0.15) is 0 Å². The molecule has 4 N–H and O–H groups in total. The van der Waals surface area contributed by atoms with Crippen LogP contribution >= 0.6 is 11.3 Å². The topological polar surface area (TPSA) is 91.7 Å². The molecule has 0 radical (unpaired) electrons. The number of hydrogen-bond acceptors (Lipinski definition) is 5. The van der Waals surface area contributed by atoms with Gasteiger partial charge in [-0.25, -0.2) is 4.98 Å². The molecule has 0 saturated carbocycles. The average molecular weight is 235 g/mol. The number of benzene rings is 1. The standard InChI is InChI=1S/C10H9N3O2S/c11-9(13-15)10-12-8(5-16-10)6-1-3-7(14)4-2-6/h1-5,14-15H,(H2,11,13). The summed E-state index contributed by atoms with van der Waals surface area (Å²) >= 11 is 1.29. The lowest BCUT2D eigenvalue weighted by molar-refractivity contribution is 0.318. The molecule has 0 saturated heterocycles. The molecule has 0 bridgehead atoms. The second-order valence-corrected chi connectivity index (χ2v) is 3.93. The fraction of sp³-hybridized carbons (Fsp3) is 0. The van der Waals surface area contributed by atoms with Crippen LogP contribution < -0.4 is 5.73 Å². The van der Waals surface area contributed by atoms with Crippen LogP contribution in [0, 0.1) is 0 Å². The summed E-state index contributed by atoms with van der Waals surface area (Å²) < 4.78 is 0. The van der Waals surface area contributed by atoms with Crippen molar-refractivity contribution < 1.29 is 10.3 Å². The maximum atomic E-state index is 9.15. The highest BCUT2D eigenvalue weighted by Crippen LogP contribution is 2.23. The Kier molecular flexibility index (Phi) is 2.74. The van der Waals surface area contributed by atoms with Crippen molar-refractivity contribution in [3.63, 3.8) is 0 Å². The molecular formula is C10H9N3O2S. The fourth-order valence-electron chi connectivity index (χ4n) is 1.20. The molecule has 0 amide bonds. The molecule has 82 valence electrons. The molecule has 0 unspecified atom stereocenters. The van der Waals surface area contributed by atoms with Gasteiger partial charge in [0.25, 0.3) is 0 Å². The maximum absolute atomic E-state index is 9.15. The van der Waals surface area contributed by atoms with E-state index in [0.29, 0.717) is 5.01 Å². The zero-order chi connectivity index (χ0) is 11.5. The third kappa shape index (κ3) is 1.96. The lowest BCUT2D eigenvalue weighted by Crippen LogP contribution is -2.12. The summed E-state index contributed by atoms with van der Waals surface area (Å²) in [4.78, 5) is 4.20. The summed E-state index contributed by atoms with van der Waals surface area (Å²) in [6, 6.07) is 6.66. The normalized spacial score (nSPS) is 11.6. The number of aromatic hydroxyl groups is 1. The summed E-state index contributed by atoms with van der Waals surface area (Å²) in [6.07, 6.45) is 0. The van der Waals surface area contributed by atoms with Gasteiger partial charge in [-0.1, -0.05) is 5.16 Å².